The molecule has 3 amide bonds. The SMILES string of the molecule is CCC(CC1(C2CC2)NC(=O)NC1=O)C(=O)O. The van der Waals surface area contributed by atoms with E-state index in [2.05, 4.69) is 10.6 Å². The van der Waals surface area contributed by atoms with E-state index in [1.54, 1.807) is 6.92 Å². The molecule has 2 rings (SSSR count). The Bertz CT molecular complexity index is 378. The molecule has 94 valence electrons. The summed E-state index contributed by atoms with van der Waals surface area (Å²) in [6.07, 6.45) is 2.36. The summed E-state index contributed by atoms with van der Waals surface area (Å²) >= 11 is 0. The van der Waals surface area contributed by atoms with Gasteiger partial charge in [-0.2, -0.15) is 0 Å². The molecule has 6 heteroatoms. The number of hydrogen-bond acceptors (Lipinski definition) is 3. The summed E-state index contributed by atoms with van der Waals surface area (Å²) in [7, 11) is 0. The summed E-state index contributed by atoms with van der Waals surface area (Å²) in [5.74, 6) is -1.80. The second kappa shape index (κ2) is 4.01. The van der Waals surface area contributed by atoms with Crippen LogP contribution < -0.4 is 10.6 Å². The highest BCUT2D eigenvalue weighted by molar-refractivity contribution is 6.07. The van der Waals surface area contributed by atoms with Crippen LogP contribution in [-0.4, -0.2) is 28.6 Å². The highest BCUT2D eigenvalue weighted by atomic mass is 16.4. The van der Waals surface area contributed by atoms with Gasteiger partial charge in [0.2, 0.25) is 0 Å². The van der Waals surface area contributed by atoms with Crippen molar-refractivity contribution >= 4 is 17.9 Å². The fraction of sp³-hybridized carbons (Fsp3) is 0.727. The summed E-state index contributed by atoms with van der Waals surface area (Å²) in [5.41, 5.74) is -0.990. The third kappa shape index (κ3) is 1.99. The summed E-state index contributed by atoms with van der Waals surface area (Å²) in [4.78, 5) is 34.2. The zero-order valence-corrected chi connectivity index (χ0v) is 9.66. The van der Waals surface area contributed by atoms with E-state index in [-0.39, 0.29) is 18.2 Å². The first-order valence-corrected chi connectivity index (χ1v) is 5.86. The predicted octanol–water partition coefficient (Wildman–Crippen LogP) is 0.476. The second-order valence-electron chi connectivity index (χ2n) is 4.80. The van der Waals surface area contributed by atoms with Gasteiger partial charge in [-0.05, 0) is 31.6 Å². The number of imide groups is 1. The van der Waals surface area contributed by atoms with E-state index in [0.29, 0.717) is 6.42 Å². The lowest BCUT2D eigenvalue weighted by Gasteiger charge is -2.28. The third-order valence-electron chi connectivity index (χ3n) is 3.65. The van der Waals surface area contributed by atoms with E-state index in [9.17, 15) is 14.4 Å². The number of amides is 3. The van der Waals surface area contributed by atoms with Gasteiger partial charge in [-0.1, -0.05) is 6.92 Å². The molecular formula is C11H16N2O4. The van der Waals surface area contributed by atoms with Gasteiger partial charge in [-0.15, -0.1) is 0 Å². The first-order chi connectivity index (χ1) is 7.99. The molecule has 1 saturated heterocycles. The molecule has 0 aromatic carbocycles. The number of carbonyl (C=O) groups excluding carboxylic acids is 2. The van der Waals surface area contributed by atoms with Gasteiger partial charge in [0.1, 0.15) is 5.54 Å². The molecule has 0 aromatic rings. The third-order valence-corrected chi connectivity index (χ3v) is 3.65. The molecule has 1 heterocycles. The van der Waals surface area contributed by atoms with Crippen molar-refractivity contribution < 1.29 is 19.5 Å². The maximum absolute atomic E-state index is 11.9. The molecule has 1 aliphatic carbocycles. The van der Waals surface area contributed by atoms with E-state index in [1.807, 2.05) is 0 Å². The average Bonchev–Trinajstić information content (AvgIpc) is 3.03. The molecule has 0 spiro atoms. The molecule has 1 aliphatic heterocycles. The number of carbonyl (C=O) groups is 3. The maximum Gasteiger partial charge on any atom is 0.322 e. The quantitative estimate of drug-likeness (QED) is 0.609. The van der Waals surface area contributed by atoms with Gasteiger partial charge < -0.3 is 10.4 Å². The lowest BCUT2D eigenvalue weighted by atomic mass is 9.82. The molecule has 3 N–H and O–H groups in total. The number of nitrogens with one attached hydrogen (secondary N) is 2. The molecule has 0 radical (unpaired) electrons. The summed E-state index contributed by atoms with van der Waals surface area (Å²) < 4.78 is 0. The molecular weight excluding hydrogens is 224 g/mol. The Labute approximate surface area is 98.8 Å². The van der Waals surface area contributed by atoms with Crippen LogP contribution in [0.3, 0.4) is 0 Å². The van der Waals surface area contributed by atoms with Crippen molar-refractivity contribution in [2.24, 2.45) is 11.8 Å². The summed E-state index contributed by atoms with van der Waals surface area (Å²) in [5, 5.41) is 13.9. The van der Waals surface area contributed by atoms with Crippen LogP contribution in [0.2, 0.25) is 0 Å². The van der Waals surface area contributed by atoms with Gasteiger partial charge in [0.15, 0.2) is 0 Å². The van der Waals surface area contributed by atoms with Gasteiger partial charge in [-0.3, -0.25) is 14.9 Å². The Balaban J connectivity index is 2.20. The molecule has 0 bridgehead atoms. The molecule has 1 saturated carbocycles. The first-order valence-electron chi connectivity index (χ1n) is 5.86. The van der Waals surface area contributed by atoms with E-state index >= 15 is 0 Å². The second-order valence-corrected chi connectivity index (χ2v) is 4.80. The first kappa shape index (κ1) is 11.9. The van der Waals surface area contributed by atoms with Crippen molar-refractivity contribution in [2.75, 3.05) is 0 Å². The number of carboxylic acids is 1. The number of aliphatic carboxylic acids is 1. The molecule has 2 fully saturated rings. The monoisotopic (exact) mass is 240 g/mol. The average molecular weight is 240 g/mol. The molecule has 2 atom stereocenters. The Morgan fingerprint density at radius 1 is 1.53 bits per heavy atom. The minimum atomic E-state index is -0.990. The number of carboxylic acid groups (broad SMARTS) is 1. The van der Waals surface area contributed by atoms with Crippen LogP contribution in [0, 0.1) is 11.8 Å². The van der Waals surface area contributed by atoms with Crippen LogP contribution in [0.15, 0.2) is 0 Å². The Kier molecular flexibility index (Phi) is 2.81. The van der Waals surface area contributed by atoms with E-state index in [4.69, 9.17) is 5.11 Å². The van der Waals surface area contributed by atoms with E-state index < -0.39 is 23.5 Å². The number of urea groups is 1. The smallest absolute Gasteiger partial charge is 0.322 e. The van der Waals surface area contributed by atoms with Crippen LogP contribution >= 0.6 is 0 Å². The van der Waals surface area contributed by atoms with Crippen LogP contribution in [0.1, 0.15) is 32.6 Å². The largest absolute Gasteiger partial charge is 0.481 e. The van der Waals surface area contributed by atoms with Gasteiger partial charge in [0, 0.05) is 0 Å². The normalized spacial score (nSPS) is 29.7. The van der Waals surface area contributed by atoms with Crippen molar-refractivity contribution in [3.05, 3.63) is 0 Å². The van der Waals surface area contributed by atoms with Gasteiger partial charge in [0.05, 0.1) is 5.92 Å². The van der Waals surface area contributed by atoms with Crippen molar-refractivity contribution in [3.8, 4) is 0 Å². The van der Waals surface area contributed by atoms with Crippen molar-refractivity contribution in [3.63, 3.8) is 0 Å². The molecule has 17 heavy (non-hydrogen) atoms. The van der Waals surface area contributed by atoms with Gasteiger partial charge >= 0.3 is 12.0 Å². The predicted molar refractivity (Wildman–Crippen MR) is 58.2 cm³/mol. The minimum absolute atomic E-state index is 0.0855. The van der Waals surface area contributed by atoms with Crippen LogP contribution in [-0.2, 0) is 9.59 Å². The highest BCUT2D eigenvalue weighted by Crippen LogP contribution is 2.44. The van der Waals surface area contributed by atoms with Crippen molar-refractivity contribution in [2.45, 2.75) is 38.1 Å². The fourth-order valence-corrected chi connectivity index (χ4v) is 2.47. The molecule has 2 aliphatic rings. The zero-order chi connectivity index (χ0) is 12.6. The van der Waals surface area contributed by atoms with Crippen molar-refractivity contribution in [1.29, 1.82) is 0 Å². The summed E-state index contributed by atoms with van der Waals surface area (Å²) in [6, 6.07) is -0.512. The van der Waals surface area contributed by atoms with E-state index in [0.717, 1.165) is 12.8 Å². The van der Waals surface area contributed by atoms with E-state index in [1.165, 1.54) is 0 Å². The lowest BCUT2D eigenvalue weighted by molar-refractivity contribution is -0.143. The van der Waals surface area contributed by atoms with Crippen LogP contribution in [0.5, 0.6) is 0 Å². The van der Waals surface area contributed by atoms with Crippen molar-refractivity contribution in [1.82, 2.24) is 10.6 Å². The summed E-state index contributed by atoms with van der Waals surface area (Å²) in [6.45, 7) is 1.77. The molecule has 6 nitrogen and oxygen atoms in total. The minimum Gasteiger partial charge on any atom is -0.481 e. The topological polar surface area (TPSA) is 95.5 Å². The van der Waals surface area contributed by atoms with Gasteiger partial charge in [0.25, 0.3) is 5.91 Å². The number of rotatable bonds is 5. The number of hydrogen-bond donors (Lipinski definition) is 3. The zero-order valence-electron chi connectivity index (χ0n) is 9.66. The maximum atomic E-state index is 11.9. The Morgan fingerprint density at radius 2 is 2.18 bits per heavy atom. The standard InChI is InChI=1S/C11H16N2O4/c1-2-6(8(14)15)5-11(7-3-4-7)9(16)12-10(17)13-11/h6-7H,2-5H2,1H3,(H,14,15)(H2,12,13,16,17). The molecule has 0 aromatic heterocycles. The highest BCUT2D eigenvalue weighted by Gasteiger charge is 2.56. The molecule has 2 unspecified atom stereocenters. The van der Waals surface area contributed by atoms with Gasteiger partial charge in [-0.25, -0.2) is 4.79 Å². The van der Waals surface area contributed by atoms with Crippen LogP contribution in [0.25, 0.3) is 0 Å². The Morgan fingerprint density at radius 3 is 2.53 bits per heavy atom. The lowest BCUT2D eigenvalue weighted by Crippen LogP contribution is -2.51. The van der Waals surface area contributed by atoms with Crippen LogP contribution in [0.4, 0.5) is 4.79 Å². The fourth-order valence-electron chi connectivity index (χ4n) is 2.47. The Hall–Kier alpha value is -1.59.